The van der Waals surface area contributed by atoms with Crippen molar-refractivity contribution in [2.75, 3.05) is 6.54 Å². The molecule has 0 spiro atoms. The molecule has 3 N–H and O–H groups in total. The van der Waals surface area contributed by atoms with Crippen molar-refractivity contribution >= 4 is 11.9 Å². The monoisotopic (exact) mass is 347 g/mol. The van der Waals surface area contributed by atoms with E-state index in [2.05, 4.69) is 10.6 Å². The molecule has 0 heterocycles. The van der Waals surface area contributed by atoms with Gasteiger partial charge in [-0.15, -0.1) is 0 Å². The van der Waals surface area contributed by atoms with Gasteiger partial charge in [-0.25, -0.2) is 9.18 Å². The smallest absolute Gasteiger partial charge is 0.326 e. The summed E-state index contributed by atoms with van der Waals surface area (Å²) in [7, 11) is 0. The van der Waals surface area contributed by atoms with Gasteiger partial charge in [0.2, 0.25) is 0 Å². The average molecular weight is 347 g/mol. The van der Waals surface area contributed by atoms with Crippen LogP contribution in [0.1, 0.15) is 25.8 Å². The van der Waals surface area contributed by atoms with Crippen LogP contribution in [0, 0.1) is 23.1 Å². The fraction of sp³-hybridized carbons (Fsp3) is 0.389. The van der Waals surface area contributed by atoms with Crippen molar-refractivity contribution in [1.29, 1.82) is 5.26 Å². The zero-order valence-corrected chi connectivity index (χ0v) is 14.3. The normalized spacial score (nSPS) is 12.4. The third kappa shape index (κ3) is 7.04. The van der Waals surface area contributed by atoms with Crippen molar-refractivity contribution in [1.82, 2.24) is 10.6 Å². The summed E-state index contributed by atoms with van der Waals surface area (Å²) in [6.45, 7) is 4.01. The predicted molar refractivity (Wildman–Crippen MR) is 90.8 cm³/mol. The number of halogens is 1. The number of hydrogen-bond acceptors (Lipinski definition) is 4. The molecule has 134 valence electrons. The molecule has 1 amide bonds. The van der Waals surface area contributed by atoms with Gasteiger partial charge in [-0.05, 0) is 30.4 Å². The summed E-state index contributed by atoms with van der Waals surface area (Å²) in [6, 6.07) is 7.01. The lowest BCUT2D eigenvalue weighted by atomic mass is 10.0. The van der Waals surface area contributed by atoms with E-state index < -0.39 is 17.9 Å². The molecule has 1 unspecified atom stereocenters. The Labute approximate surface area is 146 Å². The third-order valence-electron chi connectivity index (χ3n) is 3.42. The second-order valence-corrected chi connectivity index (χ2v) is 5.96. The summed E-state index contributed by atoms with van der Waals surface area (Å²) in [5, 5.41) is 23.3. The summed E-state index contributed by atoms with van der Waals surface area (Å²) in [6.07, 6.45) is 1.86. The lowest BCUT2D eigenvalue weighted by Crippen LogP contribution is -2.42. The summed E-state index contributed by atoms with van der Waals surface area (Å²) < 4.78 is 13.5. The van der Waals surface area contributed by atoms with Gasteiger partial charge in [0.15, 0.2) is 0 Å². The Morgan fingerprint density at radius 3 is 2.60 bits per heavy atom. The highest BCUT2D eigenvalue weighted by molar-refractivity contribution is 5.99. The van der Waals surface area contributed by atoms with E-state index in [1.54, 1.807) is 24.3 Å². The first-order valence-corrected chi connectivity index (χ1v) is 7.95. The number of carbonyl (C=O) groups is 2. The SMILES string of the molecule is CC(C)CC(NC(=O)/C(C#N)=C\NCCc1ccccc1F)C(=O)O. The quantitative estimate of drug-likeness (QED) is 0.360. The highest BCUT2D eigenvalue weighted by atomic mass is 19.1. The van der Waals surface area contributed by atoms with Crippen molar-refractivity contribution in [3.8, 4) is 6.07 Å². The molecule has 1 aromatic carbocycles. The van der Waals surface area contributed by atoms with Gasteiger partial charge < -0.3 is 15.7 Å². The summed E-state index contributed by atoms with van der Waals surface area (Å²) >= 11 is 0. The van der Waals surface area contributed by atoms with Crippen LogP contribution in [0.5, 0.6) is 0 Å². The van der Waals surface area contributed by atoms with Gasteiger partial charge >= 0.3 is 5.97 Å². The van der Waals surface area contributed by atoms with Crippen molar-refractivity contribution < 1.29 is 19.1 Å². The molecule has 25 heavy (non-hydrogen) atoms. The first-order chi connectivity index (χ1) is 11.8. The summed E-state index contributed by atoms with van der Waals surface area (Å²) in [5.41, 5.74) is 0.290. The number of nitriles is 1. The predicted octanol–water partition coefficient (Wildman–Crippen LogP) is 1.98. The van der Waals surface area contributed by atoms with Crippen molar-refractivity contribution in [2.24, 2.45) is 5.92 Å². The second-order valence-electron chi connectivity index (χ2n) is 5.96. The summed E-state index contributed by atoms with van der Waals surface area (Å²) in [5.74, 6) is -2.14. The third-order valence-corrected chi connectivity index (χ3v) is 3.42. The molecule has 0 aliphatic heterocycles. The molecule has 1 aromatic rings. The van der Waals surface area contributed by atoms with Crippen LogP contribution in [0.25, 0.3) is 0 Å². The molecular weight excluding hydrogens is 325 g/mol. The molecule has 0 fully saturated rings. The first kappa shape index (κ1) is 20.2. The van der Waals surface area contributed by atoms with Crippen LogP contribution in [0.4, 0.5) is 4.39 Å². The highest BCUT2D eigenvalue weighted by Crippen LogP contribution is 2.07. The van der Waals surface area contributed by atoms with E-state index in [0.717, 1.165) is 0 Å². The van der Waals surface area contributed by atoms with E-state index in [9.17, 15) is 14.0 Å². The number of carbonyl (C=O) groups excluding carboxylic acids is 1. The zero-order chi connectivity index (χ0) is 18.8. The van der Waals surface area contributed by atoms with Gasteiger partial charge in [0.25, 0.3) is 5.91 Å². The Hall–Kier alpha value is -2.88. The van der Waals surface area contributed by atoms with Crippen molar-refractivity contribution in [3.05, 3.63) is 47.4 Å². The number of aliphatic carboxylic acids is 1. The van der Waals surface area contributed by atoms with Crippen LogP contribution in [-0.4, -0.2) is 29.6 Å². The van der Waals surface area contributed by atoms with E-state index in [4.69, 9.17) is 10.4 Å². The molecule has 0 saturated heterocycles. The van der Waals surface area contributed by atoms with Crippen LogP contribution in [-0.2, 0) is 16.0 Å². The average Bonchev–Trinajstić information content (AvgIpc) is 2.55. The number of nitrogens with zero attached hydrogens (tertiary/aromatic N) is 1. The Morgan fingerprint density at radius 2 is 2.04 bits per heavy atom. The molecule has 0 aromatic heterocycles. The number of benzene rings is 1. The summed E-state index contributed by atoms with van der Waals surface area (Å²) in [4.78, 5) is 23.2. The van der Waals surface area contributed by atoms with Crippen LogP contribution in [0.3, 0.4) is 0 Å². The molecule has 7 heteroatoms. The Bertz CT molecular complexity index is 680. The molecule has 1 rings (SSSR count). The van der Waals surface area contributed by atoms with Crippen molar-refractivity contribution in [3.63, 3.8) is 0 Å². The fourth-order valence-corrected chi connectivity index (χ4v) is 2.16. The van der Waals surface area contributed by atoms with E-state index in [1.165, 1.54) is 12.3 Å². The van der Waals surface area contributed by atoms with E-state index in [0.29, 0.717) is 18.5 Å². The Kier molecular flexibility index (Phi) is 8.13. The maximum Gasteiger partial charge on any atom is 0.326 e. The van der Waals surface area contributed by atoms with Gasteiger partial charge in [-0.1, -0.05) is 32.0 Å². The minimum absolute atomic E-state index is 0.0785. The standard InChI is InChI=1S/C18H22FN3O3/c1-12(2)9-16(18(24)25)22-17(23)14(10-20)11-21-8-7-13-5-3-4-6-15(13)19/h3-6,11-12,16,21H,7-9H2,1-2H3,(H,22,23)(H,24,25)/b14-11-. The maximum atomic E-state index is 13.5. The zero-order valence-electron chi connectivity index (χ0n) is 14.3. The number of nitrogens with one attached hydrogen (secondary N) is 2. The first-order valence-electron chi connectivity index (χ1n) is 7.95. The topological polar surface area (TPSA) is 102 Å². The number of amides is 1. The largest absolute Gasteiger partial charge is 0.480 e. The lowest BCUT2D eigenvalue weighted by molar-refractivity contribution is -0.141. The maximum absolute atomic E-state index is 13.5. The Balaban J connectivity index is 2.60. The fourth-order valence-electron chi connectivity index (χ4n) is 2.16. The van der Waals surface area contributed by atoms with Gasteiger partial charge in [0.05, 0.1) is 0 Å². The lowest BCUT2D eigenvalue weighted by Gasteiger charge is -2.16. The highest BCUT2D eigenvalue weighted by Gasteiger charge is 2.22. The van der Waals surface area contributed by atoms with E-state index in [1.807, 2.05) is 13.8 Å². The Morgan fingerprint density at radius 1 is 1.36 bits per heavy atom. The van der Waals surface area contributed by atoms with Gasteiger partial charge in [0, 0.05) is 12.7 Å². The van der Waals surface area contributed by atoms with Gasteiger partial charge in [0.1, 0.15) is 23.5 Å². The molecular formula is C18H22FN3O3. The molecule has 6 nitrogen and oxygen atoms in total. The molecule has 0 aliphatic rings. The van der Waals surface area contributed by atoms with Crippen LogP contribution >= 0.6 is 0 Å². The van der Waals surface area contributed by atoms with Gasteiger partial charge in [-0.3, -0.25) is 4.79 Å². The van der Waals surface area contributed by atoms with E-state index >= 15 is 0 Å². The van der Waals surface area contributed by atoms with Crippen LogP contribution < -0.4 is 10.6 Å². The van der Waals surface area contributed by atoms with Gasteiger partial charge in [-0.2, -0.15) is 5.26 Å². The van der Waals surface area contributed by atoms with Crippen molar-refractivity contribution in [2.45, 2.75) is 32.7 Å². The van der Waals surface area contributed by atoms with Crippen LogP contribution in [0.2, 0.25) is 0 Å². The minimum atomic E-state index is -1.15. The molecule has 0 radical (unpaired) electrons. The minimum Gasteiger partial charge on any atom is -0.480 e. The second kappa shape index (κ2) is 10.1. The molecule has 0 bridgehead atoms. The number of carboxylic acid groups (broad SMARTS) is 1. The molecule has 0 saturated carbocycles. The van der Waals surface area contributed by atoms with Crippen LogP contribution in [0.15, 0.2) is 36.0 Å². The number of rotatable bonds is 9. The molecule has 1 atom stereocenters. The van der Waals surface area contributed by atoms with E-state index in [-0.39, 0.29) is 23.7 Å². The number of carboxylic acids is 1. The number of hydrogen-bond donors (Lipinski definition) is 3. The molecule has 0 aliphatic carbocycles.